The number of thiophene rings is 1. The van der Waals surface area contributed by atoms with E-state index in [1.54, 1.807) is 7.05 Å². The number of aryl methyl sites for hydroxylation is 1. The molecule has 118 valence electrons. The first-order valence-electron chi connectivity index (χ1n) is 6.61. The molecule has 8 heteroatoms. The van der Waals surface area contributed by atoms with E-state index in [1.807, 2.05) is 24.3 Å². The third-order valence-corrected chi connectivity index (χ3v) is 4.98. The van der Waals surface area contributed by atoms with Crippen molar-refractivity contribution >= 4 is 50.6 Å². The number of esters is 1. The molecule has 0 saturated carbocycles. The van der Waals surface area contributed by atoms with Gasteiger partial charge in [0.25, 0.3) is 5.91 Å². The number of aromatic nitrogens is 2. The van der Waals surface area contributed by atoms with Crippen molar-refractivity contribution in [2.75, 3.05) is 12.4 Å². The van der Waals surface area contributed by atoms with Crippen LogP contribution in [0, 0.1) is 0 Å². The maximum absolute atomic E-state index is 12.5. The number of amides is 1. The molecule has 0 aliphatic carbocycles. The summed E-state index contributed by atoms with van der Waals surface area (Å²) in [6, 6.07) is 7.49. The summed E-state index contributed by atoms with van der Waals surface area (Å²) in [6.45, 7) is 0. The molecule has 0 radical (unpaired) electrons. The number of rotatable bonds is 3. The van der Waals surface area contributed by atoms with Crippen molar-refractivity contribution in [1.82, 2.24) is 9.78 Å². The molecule has 0 aliphatic heterocycles. The van der Waals surface area contributed by atoms with Crippen molar-refractivity contribution in [3.63, 3.8) is 0 Å². The topological polar surface area (TPSA) is 73.2 Å². The zero-order chi connectivity index (χ0) is 16.6. The second-order valence-corrected chi connectivity index (χ2v) is 6.15. The standard InChI is InChI=1S/C15H12ClN3O3S/c1-19-12(15(21)22-2)9(7-17-19)18-14(20)13-11(16)8-5-3-4-6-10(8)23-13/h3-7H,1-2H3,(H,18,20). The Kier molecular flexibility index (Phi) is 4.06. The summed E-state index contributed by atoms with van der Waals surface area (Å²) in [7, 11) is 2.86. The maximum atomic E-state index is 12.5. The molecule has 0 spiro atoms. The first-order valence-corrected chi connectivity index (χ1v) is 7.81. The fraction of sp³-hybridized carbons (Fsp3) is 0.133. The molecule has 0 atom stereocenters. The molecule has 2 aromatic heterocycles. The number of carbonyl (C=O) groups excluding carboxylic acids is 2. The van der Waals surface area contributed by atoms with Crippen LogP contribution < -0.4 is 5.32 Å². The molecule has 0 fully saturated rings. The summed E-state index contributed by atoms with van der Waals surface area (Å²) in [5.41, 5.74) is 0.441. The Bertz CT molecular complexity index is 916. The van der Waals surface area contributed by atoms with E-state index < -0.39 is 11.9 Å². The number of methoxy groups -OCH3 is 1. The number of fused-ring (bicyclic) bond motifs is 1. The zero-order valence-electron chi connectivity index (χ0n) is 12.3. The van der Waals surface area contributed by atoms with E-state index in [1.165, 1.54) is 29.3 Å². The second-order valence-electron chi connectivity index (χ2n) is 4.72. The Labute approximate surface area is 140 Å². The average Bonchev–Trinajstić information content (AvgIpc) is 3.08. The lowest BCUT2D eigenvalue weighted by molar-refractivity contribution is 0.0589. The molecule has 0 saturated heterocycles. The Morgan fingerprint density at radius 2 is 2.09 bits per heavy atom. The van der Waals surface area contributed by atoms with Crippen LogP contribution in [0.25, 0.3) is 10.1 Å². The van der Waals surface area contributed by atoms with Crippen molar-refractivity contribution in [1.29, 1.82) is 0 Å². The van der Waals surface area contributed by atoms with Crippen LogP contribution >= 0.6 is 22.9 Å². The zero-order valence-corrected chi connectivity index (χ0v) is 13.9. The van der Waals surface area contributed by atoms with Gasteiger partial charge < -0.3 is 10.1 Å². The molecule has 23 heavy (non-hydrogen) atoms. The van der Waals surface area contributed by atoms with Crippen molar-refractivity contribution in [2.24, 2.45) is 7.05 Å². The molecule has 3 aromatic rings. The third-order valence-electron chi connectivity index (χ3n) is 3.31. The third kappa shape index (κ3) is 2.69. The van der Waals surface area contributed by atoms with Crippen LogP contribution in [0.1, 0.15) is 20.2 Å². The van der Waals surface area contributed by atoms with Crippen LogP contribution in [0.15, 0.2) is 30.5 Å². The Hall–Kier alpha value is -2.38. The van der Waals surface area contributed by atoms with Crippen molar-refractivity contribution in [3.8, 4) is 0 Å². The van der Waals surface area contributed by atoms with Gasteiger partial charge in [0.1, 0.15) is 4.88 Å². The molecule has 0 bridgehead atoms. The lowest BCUT2D eigenvalue weighted by atomic mass is 10.2. The molecular formula is C15H12ClN3O3S. The molecule has 2 heterocycles. The fourth-order valence-corrected chi connectivity index (χ4v) is 3.62. The number of halogens is 1. The number of anilines is 1. The minimum Gasteiger partial charge on any atom is -0.464 e. The Morgan fingerprint density at radius 3 is 2.78 bits per heavy atom. The van der Waals surface area contributed by atoms with E-state index in [0.717, 1.165) is 10.1 Å². The van der Waals surface area contributed by atoms with Crippen LogP contribution in [-0.2, 0) is 11.8 Å². The minimum atomic E-state index is -0.581. The van der Waals surface area contributed by atoms with Crippen molar-refractivity contribution in [2.45, 2.75) is 0 Å². The lowest BCUT2D eigenvalue weighted by Crippen LogP contribution is -2.15. The summed E-state index contributed by atoms with van der Waals surface area (Å²) < 4.78 is 6.96. The van der Waals surface area contributed by atoms with Gasteiger partial charge >= 0.3 is 5.97 Å². The largest absolute Gasteiger partial charge is 0.464 e. The highest BCUT2D eigenvalue weighted by atomic mass is 35.5. The normalized spacial score (nSPS) is 10.7. The average molecular weight is 350 g/mol. The molecule has 1 amide bonds. The van der Waals surface area contributed by atoms with Gasteiger partial charge in [-0.05, 0) is 6.07 Å². The number of nitrogens with zero attached hydrogens (tertiary/aromatic N) is 2. The van der Waals surface area contributed by atoms with Gasteiger partial charge in [-0.2, -0.15) is 5.10 Å². The van der Waals surface area contributed by atoms with Crippen LogP contribution in [0.2, 0.25) is 5.02 Å². The number of hydrogen-bond acceptors (Lipinski definition) is 5. The van der Waals surface area contributed by atoms with Crippen LogP contribution in [0.4, 0.5) is 5.69 Å². The summed E-state index contributed by atoms with van der Waals surface area (Å²) in [6.07, 6.45) is 1.39. The first-order chi connectivity index (χ1) is 11.0. The summed E-state index contributed by atoms with van der Waals surface area (Å²) >= 11 is 7.58. The van der Waals surface area contributed by atoms with E-state index in [0.29, 0.717) is 9.90 Å². The van der Waals surface area contributed by atoms with Gasteiger partial charge in [0.2, 0.25) is 0 Å². The summed E-state index contributed by atoms with van der Waals surface area (Å²) in [5.74, 6) is -0.975. The number of ether oxygens (including phenoxy) is 1. The minimum absolute atomic E-state index is 0.165. The first kappa shape index (κ1) is 15.5. The van der Waals surface area contributed by atoms with E-state index in [-0.39, 0.29) is 11.4 Å². The van der Waals surface area contributed by atoms with Gasteiger partial charge in [-0.15, -0.1) is 11.3 Å². The maximum Gasteiger partial charge on any atom is 0.358 e. The van der Waals surface area contributed by atoms with Crippen molar-refractivity contribution < 1.29 is 14.3 Å². The predicted molar refractivity (Wildman–Crippen MR) is 89.3 cm³/mol. The predicted octanol–water partition coefficient (Wildman–Crippen LogP) is 3.33. The van der Waals surface area contributed by atoms with Gasteiger partial charge in [0, 0.05) is 17.1 Å². The van der Waals surface area contributed by atoms with E-state index in [2.05, 4.69) is 10.4 Å². The van der Waals surface area contributed by atoms with Gasteiger partial charge in [-0.1, -0.05) is 29.8 Å². The summed E-state index contributed by atoms with van der Waals surface area (Å²) in [5, 5.41) is 7.85. The van der Waals surface area contributed by atoms with Crippen LogP contribution in [-0.4, -0.2) is 28.8 Å². The van der Waals surface area contributed by atoms with Gasteiger partial charge in [0.05, 0.1) is 24.0 Å². The lowest BCUT2D eigenvalue weighted by Gasteiger charge is -2.05. The van der Waals surface area contributed by atoms with Gasteiger partial charge in [-0.25, -0.2) is 4.79 Å². The molecule has 0 unspecified atom stereocenters. The van der Waals surface area contributed by atoms with E-state index in [9.17, 15) is 9.59 Å². The van der Waals surface area contributed by atoms with E-state index >= 15 is 0 Å². The smallest absolute Gasteiger partial charge is 0.358 e. The number of nitrogens with one attached hydrogen (secondary N) is 1. The monoisotopic (exact) mass is 349 g/mol. The molecular weight excluding hydrogens is 338 g/mol. The molecule has 0 aliphatic rings. The molecule has 1 aromatic carbocycles. The molecule has 1 N–H and O–H groups in total. The fourth-order valence-electron chi connectivity index (χ4n) is 2.21. The summed E-state index contributed by atoms with van der Waals surface area (Å²) in [4.78, 5) is 24.7. The van der Waals surface area contributed by atoms with E-state index in [4.69, 9.17) is 16.3 Å². The van der Waals surface area contributed by atoms with Crippen molar-refractivity contribution in [3.05, 3.63) is 46.1 Å². The number of hydrogen-bond donors (Lipinski definition) is 1. The Balaban J connectivity index is 1.96. The van der Waals surface area contributed by atoms with Gasteiger partial charge in [0.15, 0.2) is 5.69 Å². The molecule has 3 rings (SSSR count). The highest BCUT2D eigenvalue weighted by Crippen LogP contribution is 2.35. The van der Waals surface area contributed by atoms with Crippen LogP contribution in [0.3, 0.4) is 0 Å². The number of carbonyl (C=O) groups is 2. The highest BCUT2D eigenvalue weighted by molar-refractivity contribution is 7.21. The Morgan fingerprint density at radius 1 is 1.35 bits per heavy atom. The van der Waals surface area contributed by atoms with Gasteiger partial charge in [-0.3, -0.25) is 9.48 Å². The highest BCUT2D eigenvalue weighted by Gasteiger charge is 2.22. The van der Waals surface area contributed by atoms with Crippen LogP contribution in [0.5, 0.6) is 0 Å². The quantitative estimate of drug-likeness (QED) is 0.736. The molecule has 6 nitrogen and oxygen atoms in total. The second kappa shape index (κ2) is 6.02. The SMILES string of the molecule is COC(=O)c1c(NC(=O)c2sc3ccccc3c2Cl)cnn1C. The number of benzene rings is 1.